The minimum Gasteiger partial charge on any atom is -0.295 e. The minimum atomic E-state index is 0.248. The Labute approximate surface area is 80.5 Å². The van der Waals surface area contributed by atoms with Crippen LogP contribution in [0.2, 0.25) is 0 Å². The highest BCUT2D eigenvalue weighted by atomic mass is 16.1. The van der Waals surface area contributed by atoms with Gasteiger partial charge in [0.15, 0.2) is 5.78 Å². The molecule has 1 rings (SSSR count). The second-order valence-electron chi connectivity index (χ2n) is 3.59. The molecule has 0 saturated heterocycles. The van der Waals surface area contributed by atoms with Gasteiger partial charge in [0.1, 0.15) is 0 Å². The zero-order valence-electron chi connectivity index (χ0n) is 8.33. The van der Waals surface area contributed by atoms with Crippen molar-refractivity contribution in [3.8, 4) is 0 Å². The topological polar surface area (TPSA) is 17.1 Å². The highest BCUT2D eigenvalue weighted by Gasteiger charge is 2.17. The van der Waals surface area contributed by atoms with Crippen LogP contribution in [0.1, 0.15) is 39.0 Å². The summed E-state index contributed by atoms with van der Waals surface area (Å²) in [4.78, 5) is 11.2. The second-order valence-corrected chi connectivity index (χ2v) is 3.59. The van der Waals surface area contributed by atoms with E-state index in [0.29, 0.717) is 5.78 Å². The molecule has 0 aromatic carbocycles. The molecule has 0 amide bonds. The van der Waals surface area contributed by atoms with E-state index in [9.17, 15) is 4.79 Å². The molecule has 0 aliphatic heterocycles. The molecule has 0 aromatic rings. The number of allylic oxidation sites excluding steroid dienone is 4. The Hall–Kier alpha value is -0.850. The summed E-state index contributed by atoms with van der Waals surface area (Å²) in [5.74, 6) is 0.554. The SMILES string of the molecule is CCCC/C=C\CC1CC=CC1=O. The number of carbonyl (C=O) groups excluding carboxylic acids is 1. The van der Waals surface area contributed by atoms with E-state index in [4.69, 9.17) is 0 Å². The quantitative estimate of drug-likeness (QED) is 0.466. The van der Waals surface area contributed by atoms with E-state index in [2.05, 4.69) is 19.1 Å². The fourth-order valence-corrected chi connectivity index (χ4v) is 1.51. The Morgan fingerprint density at radius 1 is 1.54 bits per heavy atom. The normalized spacial score (nSPS) is 21.9. The molecule has 1 nitrogen and oxygen atoms in total. The van der Waals surface area contributed by atoms with Gasteiger partial charge in [-0.25, -0.2) is 0 Å². The zero-order chi connectivity index (χ0) is 9.52. The Morgan fingerprint density at radius 2 is 2.38 bits per heavy atom. The first-order valence-corrected chi connectivity index (χ1v) is 5.20. The van der Waals surface area contributed by atoms with Crippen molar-refractivity contribution in [1.82, 2.24) is 0 Å². The lowest BCUT2D eigenvalue weighted by atomic mass is 10.0. The highest BCUT2D eigenvalue weighted by Crippen LogP contribution is 2.18. The van der Waals surface area contributed by atoms with Crippen LogP contribution in [0.4, 0.5) is 0 Å². The molecule has 1 unspecified atom stereocenters. The lowest BCUT2D eigenvalue weighted by Gasteiger charge is -2.01. The summed E-state index contributed by atoms with van der Waals surface area (Å²) in [5, 5.41) is 0. The molecule has 72 valence electrons. The smallest absolute Gasteiger partial charge is 0.159 e. The molecule has 1 aliphatic rings. The van der Waals surface area contributed by atoms with Gasteiger partial charge in [-0.1, -0.05) is 38.0 Å². The van der Waals surface area contributed by atoms with Crippen LogP contribution in [-0.2, 0) is 4.79 Å². The summed E-state index contributed by atoms with van der Waals surface area (Å²) in [7, 11) is 0. The van der Waals surface area contributed by atoms with Crippen molar-refractivity contribution in [2.24, 2.45) is 5.92 Å². The van der Waals surface area contributed by atoms with Crippen LogP contribution in [0.15, 0.2) is 24.3 Å². The molecule has 1 aliphatic carbocycles. The van der Waals surface area contributed by atoms with Crippen molar-refractivity contribution in [3.05, 3.63) is 24.3 Å². The van der Waals surface area contributed by atoms with Crippen molar-refractivity contribution >= 4 is 5.78 Å². The first-order chi connectivity index (χ1) is 6.34. The van der Waals surface area contributed by atoms with E-state index < -0.39 is 0 Å². The maximum absolute atomic E-state index is 11.2. The average molecular weight is 178 g/mol. The number of hydrogen-bond acceptors (Lipinski definition) is 1. The highest BCUT2D eigenvalue weighted by molar-refractivity contribution is 5.94. The first kappa shape index (κ1) is 10.2. The van der Waals surface area contributed by atoms with E-state index >= 15 is 0 Å². The minimum absolute atomic E-state index is 0.248. The van der Waals surface area contributed by atoms with Crippen LogP contribution in [0, 0.1) is 5.92 Å². The third-order valence-corrected chi connectivity index (χ3v) is 2.42. The van der Waals surface area contributed by atoms with Crippen molar-refractivity contribution < 1.29 is 4.79 Å². The summed E-state index contributed by atoms with van der Waals surface area (Å²) < 4.78 is 0. The third kappa shape index (κ3) is 3.58. The number of ketones is 1. The summed E-state index contributed by atoms with van der Waals surface area (Å²) >= 11 is 0. The van der Waals surface area contributed by atoms with Crippen molar-refractivity contribution in [2.75, 3.05) is 0 Å². The van der Waals surface area contributed by atoms with Gasteiger partial charge in [0.25, 0.3) is 0 Å². The van der Waals surface area contributed by atoms with E-state index in [1.807, 2.05) is 6.08 Å². The predicted octanol–water partition coefficient (Wildman–Crippen LogP) is 3.27. The van der Waals surface area contributed by atoms with Gasteiger partial charge in [0.05, 0.1) is 0 Å². The number of unbranched alkanes of at least 4 members (excludes halogenated alkanes) is 2. The summed E-state index contributed by atoms with van der Waals surface area (Å²) in [6, 6.07) is 0. The van der Waals surface area contributed by atoms with Gasteiger partial charge >= 0.3 is 0 Å². The van der Waals surface area contributed by atoms with Crippen molar-refractivity contribution in [2.45, 2.75) is 39.0 Å². The second kappa shape index (κ2) is 5.74. The molecule has 0 spiro atoms. The van der Waals surface area contributed by atoms with Crippen LogP contribution in [0.5, 0.6) is 0 Å². The molecule has 0 N–H and O–H groups in total. The lowest BCUT2D eigenvalue weighted by molar-refractivity contribution is -0.117. The summed E-state index contributed by atoms with van der Waals surface area (Å²) in [5.41, 5.74) is 0. The van der Waals surface area contributed by atoms with Gasteiger partial charge in [-0.15, -0.1) is 0 Å². The predicted molar refractivity (Wildman–Crippen MR) is 55.5 cm³/mol. The van der Waals surface area contributed by atoms with Gasteiger partial charge in [0, 0.05) is 5.92 Å². The molecule has 0 aromatic heterocycles. The van der Waals surface area contributed by atoms with Gasteiger partial charge in [-0.05, 0) is 25.3 Å². The van der Waals surface area contributed by atoms with Crippen LogP contribution < -0.4 is 0 Å². The Morgan fingerprint density at radius 3 is 3.00 bits per heavy atom. The van der Waals surface area contributed by atoms with Gasteiger partial charge < -0.3 is 0 Å². The molecule has 0 saturated carbocycles. The van der Waals surface area contributed by atoms with Crippen LogP contribution in [0.3, 0.4) is 0 Å². The van der Waals surface area contributed by atoms with E-state index in [1.165, 1.54) is 12.8 Å². The van der Waals surface area contributed by atoms with Crippen LogP contribution in [0.25, 0.3) is 0 Å². The largest absolute Gasteiger partial charge is 0.295 e. The molecule has 13 heavy (non-hydrogen) atoms. The third-order valence-electron chi connectivity index (χ3n) is 2.42. The van der Waals surface area contributed by atoms with Crippen LogP contribution in [-0.4, -0.2) is 5.78 Å². The molecular weight excluding hydrogens is 160 g/mol. The average Bonchev–Trinajstić information content (AvgIpc) is 2.52. The Kier molecular flexibility index (Phi) is 4.52. The number of carbonyl (C=O) groups is 1. The van der Waals surface area contributed by atoms with Gasteiger partial charge in [0.2, 0.25) is 0 Å². The van der Waals surface area contributed by atoms with Gasteiger partial charge in [-0.3, -0.25) is 4.79 Å². The van der Waals surface area contributed by atoms with Crippen LogP contribution >= 0.6 is 0 Å². The zero-order valence-corrected chi connectivity index (χ0v) is 8.33. The van der Waals surface area contributed by atoms with E-state index in [1.54, 1.807) is 6.08 Å². The molecule has 0 bridgehead atoms. The van der Waals surface area contributed by atoms with Gasteiger partial charge in [-0.2, -0.15) is 0 Å². The fourth-order valence-electron chi connectivity index (χ4n) is 1.51. The number of hydrogen-bond donors (Lipinski definition) is 0. The van der Waals surface area contributed by atoms with E-state index in [0.717, 1.165) is 19.3 Å². The maximum atomic E-state index is 11.2. The van der Waals surface area contributed by atoms with Crippen molar-refractivity contribution in [3.63, 3.8) is 0 Å². The summed E-state index contributed by atoms with van der Waals surface area (Å²) in [6.45, 7) is 2.19. The fraction of sp³-hybridized carbons (Fsp3) is 0.583. The molecule has 1 heteroatoms. The van der Waals surface area contributed by atoms with E-state index in [-0.39, 0.29) is 5.92 Å². The molecule has 0 radical (unpaired) electrons. The monoisotopic (exact) mass is 178 g/mol. The first-order valence-electron chi connectivity index (χ1n) is 5.20. The Balaban J connectivity index is 2.12. The molecule has 0 heterocycles. The number of rotatable bonds is 5. The molecule has 1 atom stereocenters. The van der Waals surface area contributed by atoms with Crippen molar-refractivity contribution in [1.29, 1.82) is 0 Å². The lowest BCUT2D eigenvalue weighted by Crippen LogP contribution is -2.04. The maximum Gasteiger partial charge on any atom is 0.159 e. The standard InChI is InChI=1S/C12H18O/c1-2-3-4-5-6-8-11-9-7-10-12(11)13/h5-7,10-11H,2-4,8-9H2,1H3/b6-5-. The summed E-state index contributed by atoms with van der Waals surface area (Å²) in [6.07, 6.45) is 13.6. The molecular formula is C12H18O. The molecule has 0 fully saturated rings. The Bertz CT molecular complexity index is 213.